The molecule has 3 N–H and O–H groups in total. The van der Waals surface area contributed by atoms with E-state index in [4.69, 9.17) is 5.84 Å². The first-order valence-corrected chi connectivity index (χ1v) is 4.39. The lowest BCUT2D eigenvalue weighted by Crippen LogP contribution is -1.88. The fourth-order valence-corrected chi connectivity index (χ4v) is 1.45. The molecule has 0 fully saturated rings. The molecular formula is C9H11N5. The molecule has 2 rings (SSSR count). The predicted octanol–water partition coefficient (Wildman–Crippen LogP) is 1.43. The highest BCUT2D eigenvalue weighted by atomic mass is 15.3. The lowest BCUT2D eigenvalue weighted by Gasteiger charge is -1.93. The van der Waals surface area contributed by atoms with Crippen molar-refractivity contribution in [2.45, 2.75) is 6.42 Å². The lowest BCUT2D eigenvalue weighted by molar-refractivity contribution is 0.863. The highest BCUT2D eigenvalue weighted by molar-refractivity contribution is 5.79. The van der Waals surface area contributed by atoms with Crippen LogP contribution < -0.4 is 5.84 Å². The van der Waals surface area contributed by atoms with E-state index in [0.717, 1.165) is 17.5 Å². The number of pyridine rings is 1. The molecule has 0 aliphatic rings. The van der Waals surface area contributed by atoms with Gasteiger partial charge in [0.1, 0.15) is 5.65 Å². The van der Waals surface area contributed by atoms with Gasteiger partial charge >= 0.3 is 0 Å². The van der Waals surface area contributed by atoms with Crippen molar-refractivity contribution in [2.75, 3.05) is 6.54 Å². The van der Waals surface area contributed by atoms with Crippen molar-refractivity contribution in [2.24, 2.45) is 16.2 Å². The maximum absolute atomic E-state index is 4.92. The number of aromatic amines is 1. The van der Waals surface area contributed by atoms with Gasteiger partial charge in [0.05, 0.1) is 6.54 Å². The third kappa shape index (κ3) is 1.56. The molecule has 0 atom stereocenters. The Hall–Kier alpha value is -1.91. The second kappa shape index (κ2) is 3.87. The zero-order valence-electron chi connectivity index (χ0n) is 7.64. The number of aromatic nitrogens is 2. The molecule has 72 valence electrons. The molecule has 0 saturated carbocycles. The van der Waals surface area contributed by atoms with Crippen LogP contribution in [0.25, 0.3) is 11.0 Å². The summed E-state index contributed by atoms with van der Waals surface area (Å²) >= 11 is 0. The fourth-order valence-electron chi connectivity index (χ4n) is 1.45. The van der Waals surface area contributed by atoms with E-state index in [0.29, 0.717) is 6.54 Å². The van der Waals surface area contributed by atoms with Gasteiger partial charge in [-0.3, -0.25) is 0 Å². The predicted molar refractivity (Wildman–Crippen MR) is 53.7 cm³/mol. The van der Waals surface area contributed by atoms with Crippen molar-refractivity contribution in [1.82, 2.24) is 9.97 Å². The van der Waals surface area contributed by atoms with Crippen LogP contribution in [0.5, 0.6) is 0 Å². The minimum atomic E-state index is 0.609. The summed E-state index contributed by atoms with van der Waals surface area (Å²) in [4.78, 5) is 7.30. The average molecular weight is 189 g/mol. The minimum absolute atomic E-state index is 0.609. The largest absolute Gasteiger partial charge is 0.346 e. The van der Waals surface area contributed by atoms with Gasteiger partial charge in [-0.1, -0.05) is 5.22 Å². The van der Waals surface area contributed by atoms with Gasteiger partial charge in [-0.15, -0.1) is 0 Å². The fraction of sp³-hybridized carbons (Fsp3) is 0.222. The molecule has 0 amide bonds. The Labute approximate surface area is 81.0 Å². The normalized spacial score (nSPS) is 11.4. The molecule has 0 unspecified atom stereocenters. The number of nitrogens with zero attached hydrogens (tertiary/aromatic N) is 3. The Morgan fingerprint density at radius 2 is 2.43 bits per heavy atom. The molecule has 0 radical (unpaired) electrons. The summed E-state index contributed by atoms with van der Waals surface area (Å²) in [6.07, 6.45) is 4.54. The van der Waals surface area contributed by atoms with Crippen LogP contribution in [0, 0.1) is 0 Å². The molecule has 0 aliphatic carbocycles. The monoisotopic (exact) mass is 189 g/mol. The Morgan fingerprint density at radius 3 is 3.29 bits per heavy atom. The van der Waals surface area contributed by atoms with Crippen LogP contribution in [0.4, 0.5) is 0 Å². The molecular weight excluding hydrogens is 178 g/mol. The van der Waals surface area contributed by atoms with E-state index >= 15 is 0 Å². The average Bonchev–Trinajstić information content (AvgIpc) is 2.63. The first-order chi connectivity index (χ1) is 6.92. The number of hydrogen-bond acceptors (Lipinski definition) is 3. The summed E-state index contributed by atoms with van der Waals surface area (Å²) in [5, 5.41) is 8.07. The van der Waals surface area contributed by atoms with Crippen molar-refractivity contribution in [3.05, 3.63) is 30.1 Å². The number of fused-ring (bicyclic) bond motifs is 1. The maximum Gasteiger partial charge on any atom is 0.137 e. The third-order valence-electron chi connectivity index (χ3n) is 2.10. The van der Waals surface area contributed by atoms with Crippen LogP contribution in [0.3, 0.4) is 0 Å². The SMILES string of the molecule is NN=NCCc1c[nH]c2ncccc12. The van der Waals surface area contributed by atoms with Gasteiger partial charge in [0.2, 0.25) is 0 Å². The third-order valence-corrected chi connectivity index (χ3v) is 2.10. The van der Waals surface area contributed by atoms with Crippen molar-refractivity contribution in [3.63, 3.8) is 0 Å². The molecule has 14 heavy (non-hydrogen) atoms. The molecule has 2 aromatic heterocycles. The van der Waals surface area contributed by atoms with Crippen LogP contribution >= 0.6 is 0 Å². The number of H-pyrrole nitrogens is 1. The van der Waals surface area contributed by atoms with E-state index in [1.807, 2.05) is 18.3 Å². The molecule has 5 nitrogen and oxygen atoms in total. The first-order valence-electron chi connectivity index (χ1n) is 4.39. The quantitative estimate of drug-likeness (QED) is 0.435. The molecule has 0 saturated heterocycles. The molecule has 0 aliphatic heterocycles. The number of hydrogen-bond donors (Lipinski definition) is 2. The van der Waals surface area contributed by atoms with Gasteiger partial charge in [0.25, 0.3) is 0 Å². The van der Waals surface area contributed by atoms with Gasteiger partial charge in [0.15, 0.2) is 0 Å². The van der Waals surface area contributed by atoms with E-state index in [9.17, 15) is 0 Å². The van der Waals surface area contributed by atoms with Gasteiger partial charge in [0, 0.05) is 17.8 Å². The Morgan fingerprint density at radius 1 is 1.50 bits per heavy atom. The Balaban J connectivity index is 2.25. The van der Waals surface area contributed by atoms with Crippen molar-refractivity contribution in [3.8, 4) is 0 Å². The first kappa shape index (κ1) is 8.68. The van der Waals surface area contributed by atoms with E-state index in [-0.39, 0.29) is 0 Å². The minimum Gasteiger partial charge on any atom is -0.346 e. The molecule has 2 heterocycles. The van der Waals surface area contributed by atoms with Gasteiger partial charge in [-0.05, 0) is 24.1 Å². The summed E-state index contributed by atoms with van der Waals surface area (Å²) in [6.45, 7) is 0.609. The van der Waals surface area contributed by atoms with E-state index in [1.165, 1.54) is 5.56 Å². The van der Waals surface area contributed by atoms with Gasteiger partial charge < -0.3 is 10.8 Å². The lowest BCUT2D eigenvalue weighted by atomic mass is 10.2. The van der Waals surface area contributed by atoms with Gasteiger partial charge in [-0.2, -0.15) is 5.11 Å². The van der Waals surface area contributed by atoms with E-state index in [2.05, 4.69) is 20.3 Å². The summed E-state index contributed by atoms with van der Waals surface area (Å²) in [5.74, 6) is 4.92. The molecule has 2 aromatic rings. The van der Waals surface area contributed by atoms with Crippen molar-refractivity contribution >= 4 is 11.0 Å². The van der Waals surface area contributed by atoms with Crippen LogP contribution in [0.2, 0.25) is 0 Å². The second-order valence-corrected chi connectivity index (χ2v) is 2.94. The van der Waals surface area contributed by atoms with E-state index < -0.39 is 0 Å². The topological polar surface area (TPSA) is 79.4 Å². The number of nitrogens with one attached hydrogen (secondary N) is 1. The van der Waals surface area contributed by atoms with Gasteiger partial charge in [-0.25, -0.2) is 4.98 Å². The molecule has 0 bridgehead atoms. The number of nitrogens with two attached hydrogens (primary N) is 1. The summed E-state index contributed by atoms with van der Waals surface area (Å²) in [5.41, 5.74) is 2.10. The standard InChI is InChI=1S/C9H11N5/c10-14-13-5-3-7-6-12-9-8(7)2-1-4-11-9/h1-2,4,6H,3,5H2,(H2,10,13)(H,11,12). The summed E-state index contributed by atoms with van der Waals surface area (Å²) in [7, 11) is 0. The molecule has 0 aromatic carbocycles. The van der Waals surface area contributed by atoms with Crippen LogP contribution in [0.1, 0.15) is 5.56 Å². The molecule has 5 heteroatoms. The van der Waals surface area contributed by atoms with E-state index in [1.54, 1.807) is 6.20 Å². The van der Waals surface area contributed by atoms with Crippen molar-refractivity contribution < 1.29 is 0 Å². The molecule has 0 spiro atoms. The second-order valence-electron chi connectivity index (χ2n) is 2.94. The summed E-state index contributed by atoms with van der Waals surface area (Å²) in [6, 6.07) is 3.96. The maximum atomic E-state index is 4.92. The van der Waals surface area contributed by atoms with Crippen molar-refractivity contribution in [1.29, 1.82) is 0 Å². The Kier molecular flexibility index (Phi) is 2.40. The van der Waals surface area contributed by atoms with Crippen LogP contribution in [0.15, 0.2) is 34.9 Å². The zero-order chi connectivity index (χ0) is 9.80. The smallest absolute Gasteiger partial charge is 0.137 e. The van der Waals surface area contributed by atoms with Crippen LogP contribution in [-0.2, 0) is 6.42 Å². The number of rotatable bonds is 3. The van der Waals surface area contributed by atoms with Crippen LogP contribution in [-0.4, -0.2) is 16.5 Å². The highest BCUT2D eigenvalue weighted by Crippen LogP contribution is 2.15. The highest BCUT2D eigenvalue weighted by Gasteiger charge is 2.02. The zero-order valence-corrected chi connectivity index (χ0v) is 7.64. The Bertz CT molecular complexity index is 445. The summed E-state index contributed by atoms with van der Waals surface area (Å²) < 4.78 is 0.